The molecule has 1 unspecified atom stereocenters. The van der Waals surface area contributed by atoms with E-state index >= 15 is 0 Å². The molecular formula is C17H19N3OS. The molecule has 3 rings (SSSR count). The van der Waals surface area contributed by atoms with E-state index in [9.17, 15) is 4.79 Å². The summed E-state index contributed by atoms with van der Waals surface area (Å²) >= 11 is 1.69. The summed E-state index contributed by atoms with van der Waals surface area (Å²) in [7, 11) is 4.05. The van der Waals surface area contributed by atoms with Crippen molar-refractivity contribution in [1.82, 2.24) is 9.88 Å². The van der Waals surface area contributed by atoms with Crippen LogP contribution in [0.3, 0.4) is 0 Å². The van der Waals surface area contributed by atoms with E-state index in [0.29, 0.717) is 12.3 Å². The number of hydrogen-bond donors (Lipinski definition) is 0. The van der Waals surface area contributed by atoms with Gasteiger partial charge in [0.15, 0.2) is 0 Å². The van der Waals surface area contributed by atoms with Crippen molar-refractivity contribution >= 4 is 23.4 Å². The summed E-state index contributed by atoms with van der Waals surface area (Å²) < 4.78 is 0. The van der Waals surface area contributed by atoms with Gasteiger partial charge in [-0.1, -0.05) is 18.2 Å². The molecule has 0 saturated carbocycles. The topological polar surface area (TPSA) is 36.4 Å². The van der Waals surface area contributed by atoms with Crippen molar-refractivity contribution in [2.24, 2.45) is 0 Å². The van der Waals surface area contributed by atoms with Crippen LogP contribution in [-0.2, 0) is 11.3 Å². The molecule has 5 heteroatoms. The summed E-state index contributed by atoms with van der Waals surface area (Å²) in [5.41, 5.74) is 3.40. The summed E-state index contributed by atoms with van der Waals surface area (Å²) in [4.78, 5) is 20.4. The SMILES string of the molecule is CN(C)c1ccc(C2SCC(=O)N2Cc2cccnc2)cc1. The second kappa shape index (κ2) is 6.40. The molecular weight excluding hydrogens is 294 g/mol. The van der Waals surface area contributed by atoms with Gasteiger partial charge in [-0.05, 0) is 29.3 Å². The number of nitrogens with zero attached hydrogens (tertiary/aromatic N) is 3. The third-order valence-corrected chi connectivity index (χ3v) is 4.99. The molecule has 0 N–H and O–H groups in total. The maximum Gasteiger partial charge on any atom is 0.234 e. The zero-order valence-corrected chi connectivity index (χ0v) is 13.6. The number of hydrogen-bond acceptors (Lipinski definition) is 4. The molecule has 1 aromatic carbocycles. The molecule has 4 nitrogen and oxygen atoms in total. The Morgan fingerprint density at radius 2 is 2.05 bits per heavy atom. The highest BCUT2D eigenvalue weighted by Crippen LogP contribution is 2.39. The minimum absolute atomic E-state index is 0.0870. The van der Waals surface area contributed by atoms with Crippen molar-refractivity contribution in [3.63, 3.8) is 0 Å². The van der Waals surface area contributed by atoms with Crippen LogP contribution >= 0.6 is 11.8 Å². The van der Waals surface area contributed by atoms with Crippen LogP contribution < -0.4 is 4.90 Å². The fraction of sp³-hybridized carbons (Fsp3) is 0.294. The van der Waals surface area contributed by atoms with Gasteiger partial charge in [0.05, 0.1) is 5.75 Å². The molecule has 0 radical (unpaired) electrons. The van der Waals surface area contributed by atoms with Crippen LogP contribution in [0.1, 0.15) is 16.5 Å². The van der Waals surface area contributed by atoms with Gasteiger partial charge in [0.25, 0.3) is 0 Å². The molecule has 1 saturated heterocycles. The normalized spacial score (nSPS) is 17.8. The Morgan fingerprint density at radius 3 is 2.68 bits per heavy atom. The lowest BCUT2D eigenvalue weighted by Crippen LogP contribution is -2.27. The summed E-state index contributed by atoms with van der Waals surface area (Å²) in [6.07, 6.45) is 3.57. The van der Waals surface area contributed by atoms with Gasteiger partial charge in [0.2, 0.25) is 5.91 Å². The third kappa shape index (κ3) is 3.09. The molecule has 1 fully saturated rings. The van der Waals surface area contributed by atoms with E-state index in [-0.39, 0.29) is 11.3 Å². The van der Waals surface area contributed by atoms with E-state index < -0.39 is 0 Å². The second-order valence-electron chi connectivity index (χ2n) is 5.53. The van der Waals surface area contributed by atoms with Gasteiger partial charge in [0.1, 0.15) is 5.37 Å². The van der Waals surface area contributed by atoms with Crippen LogP contribution in [0.5, 0.6) is 0 Å². The first-order valence-electron chi connectivity index (χ1n) is 7.22. The highest BCUT2D eigenvalue weighted by atomic mass is 32.2. The maximum atomic E-state index is 12.2. The number of carbonyl (C=O) groups is 1. The standard InChI is InChI=1S/C17H19N3OS/c1-19(2)15-7-5-14(6-8-15)17-20(16(21)12-22-17)11-13-4-3-9-18-10-13/h3-10,17H,11-12H2,1-2H3. The number of pyridine rings is 1. The molecule has 22 heavy (non-hydrogen) atoms. The number of amides is 1. The van der Waals surface area contributed by atoms with Gasteiger partial charge in [0, 0.05) is 38.7 Å². The second-order valence-corrected chi connectivity index (χ2v) is 6.60. The fourth-order valence-corrected chi connectivity index (χ4v) is 3.71. The maximum absolute atomic E-state index is 12.2. The van der Waals surface area contributed by atoms with Crippen LogP contribution in [0.4, 0.5) is 5.69 Å². The predicted octanol–water partition coefficient (Wildman–Crippen LogP) is 2.92. The molecule has 2 aromatic rings. The predicted molar refractivity (Wildman–Crippen MR) is 90.8 cm³/mol. The number of benzene rings is 1. The lowest BCUT2D eigenvalue weighted by molar-refractivity contribution is -0.128. The number of thioether (sulfide) groups is 1. The van der Waals surface area contributed by atoms with E-state index in [4.69, 9.17) is 0 Å². The number of rotatable bonds is 4. The molecule has 0 aliphatic carbocycles. The van der Waals surface area contributed by atoms with Crippen molar-refractivity contribution in [1.29, 1.82) is 0 Å². The Kier molecular flexibility index (Phi) is 4.34. The summed E-state index contributed by atoms with van der Waals surface area (Å²) in [5, 5.41) is 0.0870. The smallest absolute Gasteiger partial charge is 0.234 e. The molecule has 0 spiro atoms. The molecule has 1 aromatic heterocycles. The highest BCUT2D eigenvalue weighted by molar-refractivity contribution is 8.00. The Bertz CT molecular complexity index is 643. The highest BCUT2D eigenvalue weighted by Gasteiger charge is 2.32. The van der Waals surface area contributed by atoms with E-state index in [1.54, 1.807) is 18.0 Å². The zero-order valence-electron chi connectivity index (χ0n) is 12.8. The number of anilines is 1. The van der Waals surface area contributed by atoms with Crippen LogP contribution in [-0.4, -0.2) is 35.6 Å². The van der Waals surface area contributed by atoms with Crippen molar-refractivity contribution in [2.45, 2.75) is 11.9 Å². The van der Waals surface area contributed by atoms with Crippen molar-refractivity contribution < 1.29 is 4.79 Å². The van der Waals surface area contributed by atoms with Gasteiger partial charge in [-0.3, -0.25) is 9.78 Å². The Labute approximate surface area is 135 Å². The first-order chi connectivity index (χ1) is 10.6. The quantitative estimate of drug-likeness (QED) is 0.869. The monoisotopic (exact) mass is 313 g/mol. The first kappa shape index (κ1) is 14.9. The van der Waals surface area contributed by atoms with Crippen LogP contribution in [0, 0.1) is 0 Å². The van der Waals surface area contributed by atoms with E-state index in [1.165, 1.54) is 5.56 Å². The fourth-order valence-electron chi connectivity index (χ4n) is 2.53. The first-order valence-corrected chi connectivity index (χ1v) is 8.27. The van der Waals surface area contributed by atoms with Gasteiger partial charge in [-0.15, -0.1) is 11.8 Å². The molecule has 1 aliphatic rings. The van der Waals surface area contributed by atoms with Crippen LogP contribution in [0.15, 0.2) is 48.8 Å². The van der Waals surface area contributed by atoms with E-state index in [1.807, 2.05) is 37.3 Å². The van der Waals surface area contributed by atoms with Crippen molar-refractivity contribution in [3.05, 3.63) is 59.9 Å². The van der Waals surface area contributed by atoms with Gasteiger partial charge in [-0.25, -0.2) is 0 Å². The summed E-state index contributed by atoms with van der Waals surface area (Å²) in [5.74, 6) is 0.732. The number of carbonyl (C=O) groups excluding carboxylic acids is 1. The van der Waals surface area contributed by atoms with Gasteiger partial charge < -0.3 is 9.80 Å². The molecule has 1 amide bonds. The molecule has 114 valence electrons. The van der Waals surface area contributed by atoms with E-state index in [2.05, 4.69) is 34.1 Å². The zero-order chi connectivity index (χ0) is 15.5. The average Bonchev–Trinajstić information content (AvgIpc) is 2.89. The number of aromatic nitrogens is 1. The summed E-state index contributed by atoms with van der Waals surface area (Å²) in [6, 6.07) is 12.3. The lowest BCUT2D eigenvalue weighted by Gasteiger charge is -2.24. The third-order valence-electron chi connectivity index (χ3n) is 3.74. The van der Waals surface area contributed by atoms with Gasteiger partial charge in [-0.2, -0.15) is 0 Å². The average molecular weight is 313 g/mol. The lowest BCUT2D eigenvalue weighted by atomic mass is 10.1. The molecule has 1 aliphatic heterocycles. The van der Waals surface area contributed by atoms with E-state index in [0.717, 1.165) is 11.3 Å². The minimum Gasteiger partial charge on any atom is -0.378 e. The molecule has 1 atom stereocenters. The Morgan fingerprint density at radius 1 is 1.27 bits per heavy atom. The molecule has 2 heterocycles. The Hall–Kier alpha value is -2.01. The van der Waals surface area contributed by atoms with Crippen molar-refractivity contribution in [3.8, 4) is 0 Å². The minimum atomic E-state index is 0.0870. The van der Waals surface area contributed by atoms with Crippen LogP contribution in [0.2, 0.25) is 0 Å². The van der Waals surface area contributed by atoms with Crippen molar-refractivity contribution in [2.75, 3.05) is 24.7 Å². The largest absolute Gasteiger partial charge is 0.378 e. The Balaban J connectivity index is 1.81. The van der Waals surface area contributed by atoms with Gasteiger partial charge >= 0.3 is 0 Å². The van der Waals surface area contributed by atoms with Crippen LogP contribution in [0.25, 0.3) is 0 Å². The molecule has 0 bridgehead atoms. The summed E-state index contributed by atoms with van der Waals surface area (Å²) in [6.45, 7) is 0.611.